The molecule has 1 saturated heterocycles. The molecule has 0 radical (unpaired) electrons. The summed E-state index contributed by atoms with van der Waals surface area (Å²) >= 11 is 0. The van der Waals surface area contributed by atoms with E-state index in [1.807, 2.05) is 53.4 Å². The monoisotopic (exact) mass is 384 g/mol. The second-order valence-electron chi connectivity index (χ2n) is 6.91. The Morgan fingerprint density at radius 2 is 1.93 bits per heavy atom. The fourth-order valence-corrected chi connectivity index (χ4v) is 3.16. The third-order valence-electron chi connectivity index (χ3n) is 4.66. The Morgan fingerprint density at radius 3 is 2.68 bits per heavy atom. The lowest BCUT2D eigenvalue weighted by Crippen LogP contribution is -2.33. The van der Waals surface area contributed by atoms with E-state index in [-0.39, 0.29) is 6.03 Å². The molecule has 0 aromatic heterocycles. The summed E-state index contributed by atoms with van der Waals surface area (Å²) in [5.41, 5.74) is 0.744. The second kappa shape index (κ2) is 9.99. The van der Waals surface area contributed by atoms with Crippen molar-refractivity contribution >= 4 is 11.7 Å². The number of likely N-dealkylation sites (tertiary alicyclic amines) is 1. The maximum atomic E-state index is 12.5. The number of rotatable bonds is 8. The van der Waals surface area contributed by atoms with Crippen molar-refractivity contribution in [1.82, 2.24) is 4.90 Å². The van der Waals surface area contributed by atoms with Gasteiger partial charge in [-0.15, -0.1) is 0 Å². The predicted octanol–water partition coefficient (Wildman–Crippen LogP) is 4.77. The molecule has 150 valence electrons. The van der Waals surface area contributed by atoms with Crippen molar-refractivity contribution < 1.29 is 19.0 Å². The number of carbonyl (C=O) groups is 1. The number of hydrogen-bond acceptors (Lipinski definition) is 4. The number of hydrogen-bond donors (Lipinski definition) is 1. The van der Waals surface area contributed by atoms with Gasteiger partial charge in [-0.2, -0.15) is 0 Å². The standard InChI is InChI=1S/C22H28N2O4/c1-3-13-27-16-17-11-12-24(15-17)22(25)23-18-7-9-19(10-8-18)28-21-6-4-5-20(14-21)26-2/h4-10,14,17H,3,11-13,15-16H2,1-2H3,(H,23,25)/t17-/m0/s1. The molecule has 0 spiro atoms. The van der Waals surface area contributed by atoms with Crippen LogP contribution in [-0.2, 0) is 4.74 Å². The van der Waals surface area contributed by atoms with Gasteiger partial charge in [-0.05, 0) is 49.2 Å². The highest BCUT2D eigenvalue weighted by Gasteiger charge is 2.26. The summed E-state index contributed by atoms with van der Waals surface area (Å²) in [6.45, 7) is 5.12. The molecule has 2 amide bonds. The number of nitrogens with one attached hydrogen (secondary N) is 1. The van der Waals surface area contributed by atoms with Crippen LogP contribution in [0.15, 0.2) is 48.5 Å². The largest absolute Gasteiger partial charge is 0.497 e. The predicted molar refractivity (Wildman–Crippen MR) is 109 cm³/mol. The summed E-state index contributed by atoms with van der Waals surface area (Å²) < 4.78 is 16.6. The van der Waals surface area contributed by atoms with Crippen LogP contribution in [0.25, 0.3) is 0 Å². The molecule has 6 nitrogen and oxygen atoms in total. The number of amides is 2. The molecule has 0 bridgehead atoms. The summed E-state index contributed by atoms with van der Waals surface area (Å²) in [5, 5.41) is 2.95. The van der Waals surface area contributed by atoms with Crippen LogP contribution in [-0.4, -0.2) is 44.3 Å². The molecule has 1 aliphatic rings. The average molecular weight is 384 g/mol. The zero-order valence-corrected chi connectivity index (χ0v) is 16.5. The van der Waals surface area contributed by atoms with Crippen LogP contribution in [0.2, 0.25) is 0 Å². The number of carbonyl (C=O) groups excluding carboxylic acids is 1. The van der Waals surface area contributed by atoms with Gasteiger partial charge in [0.05, 0.1) is 13.7 Å². The molecule has 2 aromatic carbocycles. The van der Waals surface area contributed by atoms with Crippen LogP contribution in [0.3, 0.4) is 0 Å². The lowest BCUT2D eigenvalue weighted by molar-refractivity contribution is 0.103. The average Bonchev–Trinajstić information content (AvgIpc) is 3.19. The van der Waals surface area contributed by atoms with Crippen LogP contribution in [0, 0.1) is 5.92 Å². The topological polar surface area (TPSA) is 60.0 Å². The van der Waals surface area contributed by atoms with Crippen molar-refractivity contribution in [1.29, 1.82) is 0 Å². The van der Waals surface area contributed by atoms with Crippen LogP contribution in [0.5, 0.6) is 17.2 Å². The normalized spacial score (nSPS) is 16.1. The minimum absolute atomic E-state index is 0.0699. The molecule has 0 aliphatic carbocycles. The smallest absolute Gasteiger partial charge is 0.321 e. The second-order valence-corrected chi connectivity index (χ2v) is 6.91. The Bertz CT molecular complexity index is 763. The maximum Gasteiger partial charge on any atom is 0.321 e. The van der Waals surface area contributed by atoms with E-state index in [0.29, 0.717) is 17.4 Å². The SMILES string of the molecule is CCCOC[C@H]1CCN(C(=O)Nc2ccc(Oc3cccc(OC)c3)cc2)C1. The quantitative estimate of drug-likeness (QED) is 0.666. The van der Waals surface area contributed by atoms with E-state index in [9.17, 15) is 4.79 Å². The summed E-state index contributed by atoms with van der Waals surface area (Å²) in [6.07, 6.45) is 2.01. The molecule has 1 aliphatic heterocycles. The van der Waals surface area contributed by atoms with Crippen molar-refractivity contribution in [2.24, 2.45) is 5.92 Å². The molecule has 3 rings (SSSR count). The van der Waals surface area contributed by atoms with Gasteiger partial charge in [0.1, 0.15) is 17.2 Å². The zero-order valence-electron chi connectivity index (χ0n) is 16.5. The Hall–Kier alpha value is -2.73. The Kier molecular flexibility index (Phi) is 7.14. The number of anilines is 1. The van der Waals surface area contributed by atoms with Gasteiger partial charge in [-0.1, -0.05) is 13.0 Å². The number of nitrogens with zero attached hydrogens (tertiary/aromatic N) is 1. The first-order valence-corrected chi connectivity index (χ1v) is 9.73. The number of ether oxygens (including phenoxy) is 3. The highest BCUT2D eigenvalue weighted by molar-refractivity contribution is 5.89. The van der Waals surface area contributed by atoms with E-state index < -0.39 is 0 Å². The van der Waals surface area contributed by atoms with Crippen molar-refractivity contribution in [3.63, 3.8) is 0 Å². The fraction of sp³-hybridized carbons (Fsp3) is 0.409. The first-order chi connectivity index (χ1) is 13.7. The molecule has 1 atom stereocenters. The Morgan fingerprint density at radius 1 is 1.14 bits per heavy atom. The van der Waals surface area contributed by atoms with Gasteiger partial charge < -0.3 is 24.4 Å². The Balaban J connectivity index is 1.49. The minimum atomic E-state index is -0.0699. The van der Waals surface area contributed by atoms with Gasteiger partial charge in [-0.3, -0.25) is 0 Å². The molecular weight excluding hydrogens is 356 g/mol. The summed E-state index contributed by atoms with van der Waals surface area (Å²) in [4.78, 5) is 14.3. The third-order valence-corrected chi connectivity index (χ3v) is 4.66. The molecule has 0 unspecified atom stereocenters. The fourth-order valence-electron chi connectivity index (χ4n) is 3.16. The van der Waals surface area contributed by atoms with E-state index in [1.165, 1.54) is 0 Å². The summed E-state index contributed by atoms with van der Waals surface area (Å²) in [6, 6.07) is 14.7. The van der Waals surface area contributed by atoms with Crippen LogP contribution in [0.1, 0.15) is 19.8 Å². The first-order valence-electron chi connectivity index (χ1n) is 9.73. The maximum absolute atomic E-state index is 12.5. The van der Waals surface area contributed by atoms with Crippen molar-refractivity contribution in [3.8, 4) is 17.2 Å². The van der Waals surface area contributed by atoms with Crippen LogP contribution >= 0.6 is 0 Å². The van der Waals surface area contributed by atoms with Crippen molar-refractivity contribution in [3.05, 3.63) is 48.5 Å². The third kappa shape index (κ3) is 5.63. The first kappa shape index (κ1) is 20.0. The lowest BCUT2D eigenvalue weighted by Gasteiger charge is -2.17. The van der Waals surface area contributed by atoms with Crippen molar-refractivity contribution in [2.75, 3.05) is 38.7 Å². The van der Waals surface area contributed by atoms with Crippen molar-refractivity contribution in [2.45, 2.75) is 19.8 Å². The van der Waals surface area contributed by atoms with Gasteiger partial charge >= 0.3 is 6.03 Å². The van der Waals surface area contributed by atoms with E-state index in [1.54, 1.807) is 7.11 Å². The highest BCUT2D eigenvalue weighted by atomic mass is 16.5. The van der Waals surface area contributed by atoms with Crippen LogP contribution in [0.4, 0.5) is 10.5 Å². The number of benzene rings is 2. The molecule has 1 heterocycles. The zero-order chi connectivity index (χ0) is 19.8. The minimum Gasteiger partial charge on any atom is -0.497 e. The van der Waals surface area contributed by atoms with Gasteiger partial charge in [-0.25, -0.2) is 4.79 Å². The van der Waals surface area contributed by atoms with Gasteiger partial charge in [0.2, 0.25) is 0 Å². The molecule has 1 N–H and O–H groups in total. The van der Waals surface area contributed by atoms with Gasteiger partial charge in [0, 0.05) is 37.4 Å². The van der Waals surface area contributed by atoms with Gasteiger partial charge in [0.25, 0.3) is 0 Å². The molecule has 0 saturated carbocycles. The molecule has 2 aromatic rings. The summed E-state index contributed by atoms with van der Waals surface area (Å²) in [7, 11) is 1.62. The van der Waals surface area contributed by atoms with E-state index in [2.05, 4.69) is 12.2 Å². The highest BCUT2D eigenvalue weighted by Crippen LogP contribution is 2.26. The van der Waals surface area contributed by atoms with Gasteiger partial charge in [0.15, 0.2) is 0 Å². The van der Waals surface area contributed by atoms with E-state index in [0.717, 1.165) is 50.6 Å². The lowest BCUT2D eigenvalue weighted by atomic mass is 10.1. The molecule has 28 heavy (non-hydrogen) atoms. The van der Waals surface area contributed by atoms with E-state index in [4.69, 9.17) is 14.2 Å². The summed E-state index contributed by atoms with van der Waals surface area (Å²) in [5.74, 6) is 2.56. The number of methoxy groups -OCH3 is 1. The van der Waals surface area contributed by atoms with Crippen LogP contribution < -0.4 is 14.8 Å². The molecule has 1 fully saturated rings. The Labute approximate surface area is 166 Å². The van der Waals surface area contributed by atoms with E-state index >= 15 is 0 Å². The number of urea groups is 1. The molecule has 6 heteroatoms. The molecular formula is C22H28N2O4.